The van der Waals surface area contributed by atoms with Gasteiger partial charge in [0.05, 0.1) is 6.07 Å². The topological polar surface area (TPSA) is 52.9 Å². The number of hydrogen-bond donors (Lipinski definition) is 1. The molecule has 0 bridgehead atoms. The summed E-state index contributed by atoms with van der Waals surface area (Å²) < 4.78 is 0. The summed E-state index contributed by atoms with van der Waals surface area (Å²) in [4.78, 5) is 12.9. The van der Waals surface area contributed by atoms with E-state index >= 15 is 0 Å². The molecule has 1 atom stereocenters. The lowest BCUT2D eigenvalue weighted by atomic mass is 10.1. The molecule has 0 heterocycles. The molecule has 0 saturated heterocycles. The highest BCUT2D eigenvalue weighted by molar-refractivity contribution is 7.99. The lowest BCUT2D eigenvalue weighted by Crippen LogP contribution is -2.20. The van der Waals surface area contributed by atoms with Crippen LogP contribution in [0.5, 0.6) is 0 Å². The van der Waals surface area contributed by atoms with E-state index in [9.17, 15) is 4.79 Å². The second kappa shape index (κ2) is 7.07. The highest BCUT2D eigenvalue weighted by atomic mass is 32.2. The predicted octanol–water partition coefficient (Wildman–Crippen LogP) is 3.68. The van der Waals surface area contributed by atoms with Crippen molar-refractivity contribution < 1.29 is 4.79 Å². The molecule has 1 amide bonds. The normalized spacial score (nSPS) is 11.9. The Hall–Kier alpha value is -1.47. The van der Waals surface area contributed by atoms with E-state index in [1.807, 2.05) is 37.3 Å². The van der Waals surface area contributed by atoms with Crippen molar-refractivity contribution in [3.8, 4) is 6.07 Å². The summed E-state index contributed by atoms with van der Waals surface area (Å²) in [6, 6.07) is 9.69. The first-order valence-electron chi connectivity index (χ1n) is 6.04. The lowest BCUT2D eigenvalue weighted by Gasteiger charge is -2.09. The van der Waals surface area contributed by atoms with Crippen LogP contribution in [-0.4, -0.2) is 11.2 Å². The first-order valence-corrected chi connectivity index (χ1v) is 6.92. The van der Waals surface area contributed by atoms with Crippen LogP contribution < -0.4 is 5.32 Å². The van der Waals surface area contributed by atoms with Gasteiger partial charge in [-0.1, -0.05) is 20.8 Å². The molecule has 0 aliphatic carbocycles. The Morgan fingerprint density at radius 3 is 2.44 bits per heavy atom. The average Bonchev–Trinajstić information content (AvgIpc) is 2.32. The fourth-order valence-corrected chi connectivity index (χ4v) is 2.29. The van der Waals surface area contributed by atoms with Crippen LogP contribution in [0.15, 0.2) is 29.2 Å². The molecule has 0 aliphatic rings. The number of thioether (sulfide) groups is 1. The SMILES string of the molecule is CCC(C#N)C(=O)Nc1ccc(SC(C)C)cc1. The molecule has 1 aromatic rings. The van der Waals surface area contributed by atoms with Gasteiger partial charge in [0.15, 0.2) is 0 Å². The number of nitriles is 1. The van der Waals surface area contributed by atoms with Crippen molar-refractivity contribution in [3.63, 3.8) is 0 Å². The smallest absolute Gasteiger partial charge is 0.241 e. The highest BCUT2D eigenvalue weighted by Gasteiger charge is 2.15. The Labute approximate surface area is 113 Å². The number of benzene rings is 1. The van der Waals surface area contributed by atoms with Gasteiger partial charge in [-0.05, 0) is 30.7 Å². The zero-order valence-electron chi connectivity index (χ0n) is 10.9. The van der Waals surface area contributed by atoms with E-state index in [1.165, 1.54) is 4.90 Å². The van der Waals surface area contributed by atoms with Crippen molar-refractivity contribution in [2.24, 2.45) is 5.92 Å². The molecule has 4 heteroatoms. The molecule has 1 rings (SSSR count). The van der Waals surface area contributed by atoms with Gasteiger partial charge in [0.2, 0.25) is 5.91 Å². The Balaban J connectivity index is 2.64. The van der Waals surface area contributed by atoms with Crippen molar-refractivity contribution in [1.82, 2.24) is 0 Å². The molecule has 1 unspecified atom stereocenters. The van der Waals surface area contributed by atoms with Crippen molar-refractivity contribution in [2.75, 3.05) is 5.32 Å². The van der Waals surface area contributed by atoms with E-state index in [-0.39, 0.29) is 5.91 Å². The first kappa shape index (κ1) is 14.6. The van der Waals surface area contributed by atoms with Gasteiger partial charge in [-0.15, -0.1) is 11.8 Å². The van der Waals surface area contributed by atoms with Gasteiger partial charge in [-0.2, -0.15) is 5.26 Å². The molecule has 1 aromatic carbocycles. The fraction of sp³-hybridized carbons (Fsp3) is 0.429. The van der Waals surface area contributed by atoms with Gasteiger partial charge in [0.25, 0.3) is 0 Å². The highest BCUT2D eigenvalue weighted by Crippen LogP contribution is 2.24. The van der Waals surface area contributed by atoms with Crippen LogP contribution in [0.2, 0.25) is 0 Å². The molecule has 3 nitrogen and oxygen atoms in total. The minimum absolute atomic E-state index is 0.232. The van der Waals surface area contributed by atoms with Gasteiger partial charge in [-0.25, -0.2) is 0 Å². The number of amides is 1. The number of hydrogen-bond acceptors (Lipinski definition) is 3. The molecule has 0 spiro atoms. The van der Waals surface area contributed by atoms with Gasteiger partial charge < -0.3 is 5.32 Å². The van der Waals surface area contributed by atoms with E-state index in [1.54, 1.807) is 11.8 Å². The number of nitrogens with one attached hydrogen (secondary N) is 1. The largest absolute Gasteiger partial charge is 0.325 e. The average molecular weight is 262 g/mol. The minimum atomic E-state index is -0.574. The third kappa shape index (κ3) is 4.42. The Kier molecular flexibility index (Phi) is 5.73. The van der Waals surface area contributed by atoms with E-state index in [0.29, 0.717) is 11.7 Å². The Morgan fingerprint density at radius 1 is 1.39 bits per heavy atom. The van der Waals surface area contributed by atoms with Gasteiger partial charge in [-0.3, -0.25) is 4.79 Å². The van der Waals surface area contributed by atoms with Crippen LogP contribution >= 0.6 is 11.8 Å². The Bertz CT molecular complexity index is 434. The summed E-state index contributed by atoms with van der Waals surface area (Å²) in [5.41, 5.74) is 0.738. The maximum Gasteiger partial charge on any atom is 0.241 e. The Morgan fingerprint density at radius 2 is 2.00 bits per heavy atom. The van der Waals surface area contributed by atoms with Crippen LogP contribution in [0.4, 0.5) is 5.69 Å². The number of rotatable bonds is 5. The van der Waals surface area contributed by atoms with Gasteiger partial charge in [0, 0.05) is 15.8 Å². The van der Waals surface area contributed by atoms with Gasteiger partial charge >= 0.3 is 0 Å². The quantitative estimate of drug-likeness (QED) is 0.824. The molecule has 0 fully saturated rings. The van der Waals surface area contributed by atoms with Crippen molar-refractivity contribution >= 4 is 23.4 Å². The number of carbonyl (C=O) groups excluding carboxylic acids is 1. The standard InChI is InChI=1S/C14H18N2OS/c1-4-11(9-15)14(17)16-12-5-7-13(8-6-12)18-10(2)3/h5-8,10-11H,4H2,1-3H3,(H,16,17). The molecular formula is C14H18N2OS. The molecule has 0 aliphatic heterocycles. The molecule has 1 N–H and O–H groups in total. The number of carbonyl (C=O) groups is 1. The van der Waals surface area contributed by atoms with Crippen molar-refractivity contribution in [2.45, 2.75) is 37.3 Å². The molecule has 96 valence electrons. The third-order valence-electron chi connectivity index (χ3n) is 2.37. The molecule has 0 radical (unpaired) electrons. The molecule has 18 heavy (non-hydrogen) atoms. The van der Waals surface area contributed by atoms with Crippen LogP contribution in [-0.2, 0) is 4.79 Å². The second-order valence-electron chi connectivity index (χ2n) is 4.27. The summed E-state index contributed by atoms with van der Waals surface area (Å²) in [5.74, 6) is -0.807. The lowest BCUT2D eigenvalue weighted by molar-refractivity contribution is -0.118. The fourth-order valence-electron chi connectivity index (χ4n) is 1.45. The van der Waals surface area contributed by atoms with Crippen LogP contribution in [0.25, 0.3) is 0 Å². The van der Waals surface area contributed by atoms with E-state index in [2.05, 4.69) is 19.2 Å². The second-order valence-corrected chi connectivity index (χ2v) is 5.92. The summed E-state index contributed by atoms with van der Waals surface area (Å²) in [5, 5.41) is 12.1. The van der Waals surface area contributed by atoms with Crippen LogP contribution in [0.1, 0.15) is 27.2 Å². The summed E-state index contributed by atoms with van der Waals surface area (Å²) >= 11 is 1.78. The van der Waals surface area contributed by atoms with Gasteiger partial charge in [0.1, 0.15) is 5.92 Å². The zero-order chi connectivity index (χ0) is 13.5. The predicted molar refractivity (Wildman–Crippen MR) is 75.5 cm³/mol. The first-order chi connectivity index (χ1) is 8.56. The molecular weight excluding hydrogens is 244 g/mol. The maximum atomic E-state index is 11.7. The number of anilines is 1. The van der Waals surface area contributed by atoms with Crippen LogP contribution in [0.3, 0.4) is 0 Å². The summed E-state index contributed by atoms with van der Waals surface area (Å²) in [6.07, 6.45) is 0.531. The molecule has 0 saturated carbocycles. The van der Waals surface area contributed by atoms with E-state index in [0.717, 1.165) is 5.69 Å². The third-order valence-corrected chi connectivity index (χ3v) is 3.39. The summed E-state index contributed by atoms with van der Waals surface area (Å²) in [7, 11) is 0. The zero-order valence-corrected chi connectivity index (χ0v) is 11.8. The van der Waals surface area contributed by atoms with Crippen LogP contribution in [0, 0.1) is 17.2 Å². The van der Waals surface area contributed by atoms with E-state index < -0.39 is 5.92 Å². The maximum absolute atomic E-state index is 11.7. The van der Waals surface area contributed by atoms with Crippen molar-refractivity contribution in [3.05, 3.63) is 24.3 Å². The minimum Gasteiger partial charge on any atom is -0.325 e. The van der Waals surface area contributed by atoms with E-state index in [4.69, 9.17) is 5.26 Å². The van der Waals surface area contributed by atoms with Crippen molar-refractivity contribution in [1.29, 1.82) is 5.26 Å². The monoisotopic (exact) mass is 262 g/mol. The summed E-state index contributed by atoms with van der Waals surface area (Å²) in [6.45, 7) is 6.11. The molecule has 0 aromatic heterocycles. The number of nitrogens with zero attached hydrogens (tertiary/aromatic N) is 1.